The van der Waals surface area contributed by atoms with Gasteiger partial charge in [0.15, 0.2) is 0 Å². The molecule has 0 bridgehead atoms. The van der Waals surface area contributed by atoms with Crippen LogP contribution in [0, 0.1) is 41.5 Å². The van der Waals surface area contributed by atoms with Gasteiger partial charge >= 0.3 is 0 Å². The first-order valence-corrected chi connectivity index (χ1v) is 26.6. The predicted molar refractivity (Wildman–Crippen MR) is 323 cm³/mol. The van der Waals surface area contributed by atoms with E-state index in [1.54, 1.807) is 0 Å². The second-order valence-corrected chi connectivity index (χ2v) is 20.4. The molecule has 0 aromatic heterocycles. The zero-order valence-corrected chi connectivity index (χ0v) is 44.5. The van der Waals surface area contributed by atoms with Crippen LogP contribution in [0.5, 0.6) is 0 Å². The molecule has 0 saturated heterocycles. The summed E-state index contributed by atoms with van der Waals surface area (Å²) in [7, 11) is 0. The summed E-state index contributed by atoms with van der Waals surface area (Å²) >= 11 is 0. The molecule has 0 aliphatic rings. The summed E-state index contributed by atoms with van der Waals surface area (Å²) < 4.78 is 0. The average Bonchev–Trinajstić information content (AvgIpc) is 3.58. The van der Waals surface area contributed by atoms with Crippen molar-refractivity contribution >= 4 is 98.8 Å². The lowest BCUT2D eigenvalue weighted by Gasteiger charge is -2.17. The number of rotatable bonds is 6. The van der Waals surface area contributed by atoms with E-state index in [0.29, 0.717) is 0 Å². The Kier molecular flexibility index (Phi) is 12.1. The summed E-state index contributed by atoms with van der Waals surface area (Å²) in [6.45, 7) is 13.1. The van der Waals surface area contributed by atoms with Gasteiger partial charge in [0, 0.05) is 32.3 Å². The van der Waals surface area contributed by atoms with Gasteiger partial charge in [0.1, 0.15) is 0 Å². The molecule has 0 unspecified atom stereocenters. The van der Waals surface area contributed by atoms with Gasteiger partial charge in [-0.3, -0.25) is 0 Å². The van der Waals surface area contributed by atoms with Gasteiger partial charge in [-0.25, -0.2) is 30.0 Å². The average molecular weight is 1000 g/mol. The molecular weight excluding hydrogens is 949 g/mol. The van der Waals surface area contributed by atoms with Crippen LogP contribution in [0.4, 0.5) is 34.1 Å². The van der Waals surface area contributed by atoms with Crippen LogP contribution in [0.1, 0.15) is 33.4 Å². The van der Waals surface area contributed by atoms with Crippen molar-refractivity contribution in [2.75, 3.05) is 0 Å². The molecule has 6 nitrogen and oxygen atoms in total. The number of hydrogen-bond acceptors (Lipinski definition) is 6. The Morgan fingerprint density at radius 2 is 0.295 bits per heavy atom. The van der Waals surface area contributed by atoms with Crippen molar-refractivity contribution in [3.8, 4) is 0 Å². The Balaban J connectivity index is 1.32. The first-order valence-electron chi connectivity index (χ1n) is 26.6. The SMILES string of the molecule is Cc1c(C)c(=Nc2ccccc2)c2cc3c(cc2c1=Nc1ccccc1)c1cc2c(=Nc4ccccc4)c(C)c(C)c(=Nc4ccccc4)c2cc1c1cc2/c(=N/c4ccccc4)c(C)c(C)/c(=N\c4ccccc4)c2cc31. The van der Waals surface area contributed by atoms with Gasteiger partial charge in [-0.2, -0.15) is 0 Å². The van der Waals surface area contributed by atoms with E-state index >= 15 is 0 Å². The Bertz CT molecular complexity index is 4120. The largest absolute Gasteiger partial charge is 0.248 e. The Hall–Kier alpha value is -9.78. The molecule has 0 aliphatic heterocycles. The molecule has 372 valence electrons. The minimum atomic E-state index is 0.889. The van der Waals surface area contributed by atoms with Crippen molar-refractivity contribution in [1.29, 1.82) is 0 Å². The first-order chi connectivity index (χ1) is 38.2. The van der Waals surface area contributed by atoms with Crippen LogP contribution in [0.3, 0.4) is 0 Å². The smallest absolute Gasteiger partial charge is 0.0748 e. The summed E-state index contributed by atoms with van der Waals surface area (Å²) in [5, 5.41) is 18.2. The van der Waals surface area contributed by atoms with Gasteiger partial charge in [-0.15, -0.1) is 0 Å². The van der Waals surface area contributed by atoms with Gasteiger partial charge in [0.05, 0.1) is 66.3 Å². The van der Waals surface area contributed by atoms with Crippen molar-refractivity contribution < 1.29 is 0 Å². The summed E-state index contributed by atoms with van der Waals surface area (Å²) in [5.41, 5.74) is 11.8. The molecule has 0 N–H and O–H groups in total. The summed E-state index contributed by atoms with van der Waals surface area (Å²) in [6, 6.07) is 76.0. The molecule has 0 atom stereocenters. The third-order valence-corrected chi connectivity index (χ3v) is 15.7. The van der Waals surface area contributed by atoms with Crippen molar-refractivity contribution in [2.24, 2.45) is 30.0 Å². The van der Waals surface area contributed by atoms with E-state index in [2.05, 4.69) is 151 Å². The maximum atomic E-state index is 5.47. The van der Waals surface area contributed by atoms with E-state index in [1.807, 2.05) is 109 Å². The van der Waals surface area contributed by atoms with Crippen molar-refractivity contribution in [2.45, 2.75) is 41.5 Å². The standard InChI is InChI=1S/C72H54N6/c1-43-44(2)68(74-50-27-15-8-16-28-50)62-38-56-55(37-61(62)67(43)73-49-25-13-7-14-26-49)57-39-63-65(71(77-53-33-21-11-22-34-53)46(4)45(3)69(63)75-51-29-17-9-18-30-51)41-59(57)60-42-66-64(40-58(56)60)70(76-52-31-19-10-20-32-52)47(5)48(6)72(66)78-54-35-23-12-24-36-54/h7-42H,1-6H3/b73-67+,74-68+,75-69?,76-70?,77-71?,78-72?. The van der Waals surface area contributed by atoms with Crippen LogP contribution in [-0.2, 0) is 0 Å². The number of para-hydroxylation sites is 6. The van der Waals surface area contributed by atoms with Crippen molar-refractivity contribution in [3.05, 3.63) is 284 Å². The van der Waals surface area contributed by atoms with Crippen LogP contribution in [-0.4, -0.2) is 0 Å². The lowest BCUT2D eigenvalue weighted by molar-refractivity contribution is 1.20. The second kappa shape index (κ2) is 19.7. The monoisotopic (exact) mass is 1000 g/mol. The zero-order chi connectivity index (χ0) is 53.0. The number of benzene rings is 13. The van der Waals surface area contributed by atoms with E-state index in [4.69, 9.17) is 30.0 Å². The third kappa shape index (κ3) is 8.48. The molecule has 0 heterocycles. The van der Waals surface area contributed by atoms with Crippen LogP contribution in [0.25, 0.3) is 64.6 Å². The molecule has 0 radical (unpaired) electrons. The molecule has 6 heteroatoms. The summed E-state index contributed by atoms with van der Waals surface area (Å²) in [6.07, 6.45) is 0. The minimum Gasteiger partial charge on any atom is -0.248 e. The maximum Gasteiger partial charge on any atom is 0.0748 e. The van der Waals surface area contributed by atoms with E-state index in [9.17, 15) is 0 Å². The molecule has 13 rings (SSSR count). The number of hydrogen-bond donors (Lipinski definition) is 0. The fourth-order valence-corrected chi connectivity index (χ4v) is 11.2. The summed E-state index contributed by atoms with van der Waals surface area (Å²) in [4.78, 5) is 32.8. The maximum absolute atomic E-state index is 5.47. The van der Waals surface area contributed by atoms with E-state index in [-0.39, 0.29) is 0 Å². The molecule has 13 aromatic rings. The summed E-state index contributed by atoms with van der Waals surface area (Å²) in [5.74, 6) is 0. The molecule has 78 heavy (non-hydrogen) atoms. The predicted octanol–water partition coefficient (Wildman–Crippen LogP) is 16.2. The Morgan fingerprint density at radius 1 is 0.167 bits per heavy atom. The molecule has 0 saturated carbocycles. The molecule has 0 spiro atoms. The van der Waals surface area contributed by atoms with Crippen LogP contribution in [0.2, 0.25) is 0 Å². The topological polar surface area (TPSA) is 74.2 Å². The highest BCUT2D eigenvalue weighted by Gasteiger charge is 2.20. The van der Waals surface area contributed by atoms with E-state index in [0.717, 1.165) is 164 Å². The highest BCUT2D eigenvalue weighted by molar-refractivity contribution is 6.30. The fraction of sp³-hybridized carbons (Fsp3) is 0.0833. The van der Waals surface area contributed by atoms with Crippen molar-refractivity contribution in [1.82, 2.24) is 0 Å². The Labute approximate surface area is 451 Å². The number of fused-ring (bicyclic) bond motifs is 9. The normalized spacial score (nSPS) is 13.5. The van der Waals surface area contributed by atoms with E-state index < -0.39 is 0 Å². The molecule has 0 amide bonds. The first kappa shape index (κ1) is 47.9. The number of nitrogens with zero attached hydrogens (tertiary/aromatic N) is 6. The van der Waals surface area contributed by atoms with Gasteiger partial charge < -0.3 is 0 Å². The lowest BCUT2D eigenvalue weighted by atomic mass is 9.87. The molecule has 13 aromatic carbocycles. The molecule has 0 fully saturated rings. The molecule has 0 aliphatic carbocycles. The van der Waals surface area contributed by atoms with Gasteiger partial charge in [0.2, 0.25) is 0 Å². The highest BCUT2D eigenvalue weighted by Crippen LogP contribution is 2.40. The third-order valence-electron chi connectivity index (χ3n) is 15.7. The van der Waals surface area contributed by atoms with Gasteiger partial charge in [0.25, 0.3) is 0 Å². The van der Waals surface area contributed by atoms with Gasteiger partial charge in [-0.05, 0) is 216 Å². The fourth-order valence-electron chi connectivity index (χ4n) is 11.2. The van der Waals surface area contributed by atoms with Crippen LogP contribution in [0.15, 0.2) is 248 Å². The highest BCUT2D eigenvalue weighted by atomic mass is 14.8. The van der Waals surface area contributed by atoms with Crippen LogP contribution < -0.4 is 32.1 Å². The quantitative estimate of drug-likeness (QED) is 0.118. The van der Waals surface area contributed by atoms with E-state index in [1.165, 1.54) is 0 Å². The second-order valence-electron chi connectivity index (χ2n) is 20.4. The van der Waals surface area contributed by atoms with Gasteiger partial charge in [-0.1, -0.05) is 109 Å². The zero-order valence-electron chi connectivity index (χ0n) is 44.5. The molecular formula is C72H54N6. The Morgan fingerprint density at radius 3 is 0.423 bits per heavy atom. The minimum absolute atomic E-state index is 0.889. The van der Waals surface area contributed by atoms with Crippen LogP contribution >= 0.6 is 0 Å². The van der Waals surface area contributed by atoms with Crippen molar-refractivity contribution in [3.63, 3.8) is 0 Å². The lowest BCUT2D eigenvalue weighted by Crippen LogP contribution is -2.21.